The summed E-state index contributed by atoms with van der Waals surface area (Å²) >= 11 is 0. The molecule has 0 radical (unpaired) electrons. The number of piperidine rings is 1. The fourth-order valence-corrected chi connectivity index (χ4v) is 4.02. The molecule has 1 fully saturated rings. The van der Waals surface area contributed by atoms with Gasteiger partial charge < -0.3 is 19.9 Å². The molecule has 1 amide bonds. The molecule has 2 aromatic heterocycles. The highest BCUT2D eigenvalue weighted by atomic mass is 19.4. The van der Waals surface area contributed by atoms with Gasteiger partial charge in [0.15, 0.2) is 5.65 Å². The van der Waals surface area contributed by atoms with Gasteiger partial charge in [0, 0.05) is 25.2 Å². The number of hydrogen-bond acceptors (Lipinski definition) is 6. The zero-order valence-electron chi connectivity index (χ0n) is 19.0. The van der Waals surface area contributed by atoms with Crippen LogP contribution in [-0.2, 0) is 4.79 Å². The molecule has 182 valence electrons. The highest BCUT2D eigenvalue weighted by molar-refractivity contribution is 5.78. The van der Waals surface area contributed by atoms with Crippen molar-refractivity contribution in [2.24, 2.45) is 5.92 Å². The van der Waals surface area contributed by atoms with Gasteiger partial charge in [-0.05, 0) is 57.1 Å². The molecule has 0 saturated carbocycles. The lowest BCUT2D eigenvalue weighted by Gasteiger charge is -2.32. The predicted octanol–water partition coefficient (Wildman–Crippen LogP) is 3.51. The fraction of sp³-hybridized carbons (Fsp3) is 0.435. The molecule has 11 heteroatoms. The van der Waals surface area contributed by atoms with Crippen LogP contribution in [0.2, 0.25) is 0 Å². The second kappa shape index (κ2) is 9.88. The maximum atomic E-state index is 12.6. The van der Waals surface area contributed by atoms with Gasteiger partial charge in [0.25, 0.3) is 0 Å². The van der Waals surface area contributed by atoms with Crippen molar-refractivity contribution in [3.8, 4) is 17.0 Å². The monoisotopic (exact) mass is 476 g/mol. The van der Waals surface area contributed by atoms with Crippen LogP contribution >= 0.6 is 0 Å². The van der Waals surface area contributed by atoms with Crippen molar-refractivity contribution < 1.29 is 22.7 Å². The van der Waals surface area contributed by atoms with Gasteiger partial charge in [-0.15, -0.1) is 18.3 Å². The number of nitrogens with one attached hydrogen (secondary N) is 1. The summed E-state index contributed by atoms with van der Waals surface area (Å²) in [5, 5.41) is 7.93. The van der Waals surface area contributed by atoms with Gasteiger partial charge >= 0.3 is 6.36 Å². The number of alkyl halides is 3. The molecule has 1 aliphatic heterocycles. The van der Waals surface area contributed by atoms with Crippen LogP contribution < -0.4 is 10.1 Å². The van der Waals surface area contributed by atoms with Crippen molar-refractivity contribution in [3.63, 3.8) is 0 Å². The molecule has 1 N–H and O–H groups in total. The Balaban J connectivity index is 1.41. The number of amides is 1. The Kier molecular flexibility index (Phi) is 6.92. The molecule has 4 rings (SSSR count). The number of anilines is 1. The number of carbonyl (C=O) groups excluding carboxylic acids is 1. The van der Waals surface area contributed by atoms with Crippen molar-refractivity contribution in [2.75, 3.05) is 45.6 Å². The van der Waals surface area contributed by atoms with Crippen LogP contribution in [0.1, 0.15) is 12.8 Å². The Morgan fingerprint density at radius 3 is 2.68 bits per heavy atom. The molecule has 1 aromatic carbocycles. The van der Waals surface area contributed by atoms with Gasteiger partial charge in [-0.3, -0.25) is 4.79 Å². The molecule has 1 aliphatic rings. The van der Waals surface area contributed by atoms with E-state index in [1.807, 2.05) is 30.0 Å². The molecule has 34 heavy (non-hydrogen) atoms. The quantitative estimate of drug-likeness (QED) is 0.563. The molecule has 1 saturated heterocycles. The molecule has 0 aliphatic carbocycles. The largest absolute Gasteiger partial charge is 0.573 e. The average Bonchev–Trinajstić information content (AvgIpc) is 3.20. The van der Waals surface area contributed by atoms with Gasteiger partial charge in [0.1, 0.15) is 11.6 Å². The van der Waals surface area contributed by atoms with Crippen LogP contribution in [0, 0.1) is 5.92 Å². The summed E-state index contributed by atoms with van der Waals surface area (Å²) in [5.74, 6) is 0.908. The normalized spacial score (nSPS) is 15.2. The SMILES string of the molecule is CN(C)CC(=O)N1CCC(CNc2ccc3ncc(-c4cccc(OC(F)(F)F)c4)n3n2)CC1. The molecule has 0 atom stereocenters. The minimum atomic E-state index is -4.76. The van der Waals surface area contributed by atoms with Crippen molar-refractivity contribution in [1.29, 1.82) is 0 Å². The van der Waals surface area contributed by atoms with Crippen LogP contribution in [-0.4, -0.2) is 76.9 Å². The van der Waals surface area contributed by atoms with Crippen LogP contribution in [0.15, 0.2) is 42.6 Å². The molecule has 0 spiro atoms. The maximum absolute atomic E-state index is 12.6. The van der Waals surface area contributed by atoms with E-state index in [1.54, 1.807) is 22.8 Å². The number of carbonyl (C=O) groups is 1. The molecular formula is C23H27F3N6O2. The van der Waals surface area contributed by atoms with E-state index in [2.05, 4.69) is 20.1 Å². The number of hydrogen-bond donors (Lipinski definition) is 1. The van der Waals surface area contributed by atoms with E-state index in [-0.39, 0.29) is 11.7 Å². The van der Waals surface area contributed by atoms with Crippen LogP contribution in [0.5, 0.6) is 5.75 Å². The van der Waals surface area contributed by atoms with Crippen LogP contribution in [0.25, 0.3) is 16.9 Å². The summed E-state index contributed by atoms with van der Waals surface area (Å²) in [5.41, 5.74) is 1.64. The van der Waals surface area contributed by atoms with Gasteiger partial charge in [-0.25, -0.2) is 9.50 Å². The average molecular weight is 477 g/mol. The molecule has 0 bridgehead atoms. The van der Waals surface area contributed by atoms with Crippen molar-refractivity contribution in [1.82, 2.24) is 24.4 Å². The molecular weight excluding hydrogens is 449 g/mol. The van der Waals surface area contributed by atoms with E-state index < -0.39 is 6.36 Å². The number of fused-ring (bicyclic) bond motifs is 1. The first-order valence-corrected chi connectivity index (χ1v) is 11.1. The lowest BCUT2D eigenvalue weighted by molar-refractivity contribution is -0.274. The standard InChI is InChI=1S/C23H27F3N6O2/c1-30(2)15-22(33)31-10-8-16(9-11-31)13-27-20-6-7-21-28-14-19(32(21)29-20)17-4-3-5-18(12-17)34-23(24,25)26/h3-7,12,14,16H,8-11,13,15H2,1-2H3,(H,27,29). The highest BCUT2D eigenvalue weighted by Gasteiger charge is 2.31. The Labute approximate surface area is 195 Å². The number of ether oxygens (including phenoxy) is 1. The predicted molar refractivity (Wildman–Crippen MR) is 121 cm³/mol. The van der Waals surface area contributed by atoms with E-state index in [0.717, 1.165) is 25.9 Å². The van der Waals surface area contributed by atoms with E-state index in [1.165, 1.54) is 18.2 Å². The van der Waals surface area contributed by atoms with Crippen molar-refractivity contribution >= 4 is 17.4 Å². The summed E-state index contributed by atoms with van der Waals surface area (Å²) in [6.07, 6.45) is -1.37. The van der Waals surface area contributed by atoms with E-state index in [4.69, 9.17) is 0 Å². The number of likely N-dealkylation sites (N-methyl/N-ethyl adjacent to an activating group) is 1. The molecule has 3 aromatic rings. The fourth-order valence-electron chi connectivity index (χ4n) is 4.02. The summed E-state index contributed by atoms with van der Waals surface area (Å²) in [4.78, 5) is 20.3. The first-order valence-electron chi connectivity index (χ1n) is 11.1. The number of benzene rings is 1. The highest BCUT2D eigenvalue weighted by Crippen LogP contribution is 2.28. The lowest BCUT2D eigenvalue weighted by atomic mass is 9.96. The lowest BCUT2D eigenvalue weighted by Crippen LogP contribution is -2.43. The Hall–Kier alpha value is -3.34. The second-order valence-corrected chi connectivity index (χ2v) is 8.65. The molecule has 0 unspecified atom stereocenters. The topological polar surface area (TPSA) is 75.0 Å². The third-order valence-electron chi connectivity index (χ3n) is 5.72. The third kappa shape index (κ3) is 5.96. The summed E-state index contributed by atoms with van der Waals surface area (Å²) in [6, 6.07) is 9.36. The van der Waals surface area contributed by atoms with Crippen molar-refractivity contribution in [3.05, 3.63) is 42.6 Å². The van der Waals surface area contributed by atoms with Crippen molar-refractivity contribution in [2.45, 2.75) is 19.2 Å². The van der Waals surface area contributed by atoms with Gasteiger partial charge in [-0.2, -0.15) is 0 Å². The number of halogens is 3. The Bertz CT molecular complexity index is 1140. The zero-order chi connectivity index (χ0) is 24.3. The Morgan fingerprint density at radius 1 is 1.21 bits per heavy atom. The smallest absolute Gasteiger partial charge is 0.406 e. The minimum absolute atomic E-state index is 0.154. The van der Waals surface area contributed by atoms with E-state index in [0.29, 0.717) is 41.7 Å². The summed E-state index contributed by atoms with van der Waals surface area (Å²) in [6.45, 7) is 2.62. The summed E-state index contributed by atoms with van der Waals surface area (Å²) in [7, 11) is 3.77. The van der Waals surface area contributed by atoms with Crippen LogP contribution in [0.4, 0.5) is 19.0 Å². The molecule has 8 nitrogen and oxygen atoms in total. The van der Waals surface area contributed by atoms with Gasteiger partial charge in [-0.1, -0.05) is 12.1 Å². The first-order chi connectivity index (χ1) is 16.2. The number of nitrogens with zero attached hydrogens (tertiary/aromatic N) is 5. The first kappa shape index (κ1) is 23.8. The van der Waals surface area contributed by atoms with Gasteiger partial charge in [0.05, 0.1) is 18.4 Å². The van der Waals surface area contributed by atoms with E-state index >= 15 is 0 Å². The van der Waals surface area contributed by atoms with Crippen LogP contribution in [0.3, 0.4) is 0 Å². The van der Waals surface area contributed by atoms with E-state index in [9.17, 15) is 18.0 Å². The third-order valence-corrected chi connectivity index (χ3v) is 5.72. The number of rotatable bonds is 7. The number of aromatic nitrogens is 3. The van der Waals surface area contributed by atoms with Gasteiger partial charge in [0.2, 0.25) is 5.91 Å². The second-order valence-electron chi connectivity index (χ2n) is 8.65. The Morgan fingerprint density at radius 2 is 1.97 bits per heavy atom. The number of imidazole rings is 1. The number of likely N-dealkylation sites (tertiary alicyclic amines) is 1. The minimum Gasteiger partial charge on any atom is -0.406 e. The summed E-state index contributed by atoms with van der Waals surface area (Å²) < 4.78 is 43.4. The zero-order valence-corrected chi connectivity index (χ0v) is 19.0. The maximum Gasteiger partial charge on any atom is 0.573 e. The molecule has 3 heterocycles.